The molecule has 0 radical (unpaired) electrons. The second-order valence-corrected chi connectivity index (χ2v) is 4.85. The molecule has 70 valence electrons. The first-order valence-corrected chi connectivity index (χ1v) is 5.91. The van der Waals surface area contributed by atoms with Crippen molar-refractivity contribution in [2.75, 3.05) is 13.3 Å². The molecule has 0 unspecified atom stereocenters. The highest BCUT2D eigenvalue weighted by Gasteiger charge is 2.07. The van der Waals surface area contributed by atoms with Gasteiger partial charge in [0.15, 0.2) is 3.84 Å². The molecular weight excluding hydrogens is 293 g/mol. The van der Waals surface area contributed by atoms with Gasteiger partial charge in [-0.15, -0.1) is 4.40 Å². The summed E-state index contributed by atoms with van der Waals surface area (Å²) in [5.74, 6) is 0.242. The fraction of sp³-hybridized carbons (Fsp3) is 0.600. The monoisotopic (exact) mass is 303 g/mol. The van der Waals surface area contributed by atoms with E-state index >= 15 is 0 Å². The van der Waals surface area contributed by atoms with E-state index in [0.717, 1.165) is 6.26 Å². The van der Waals surface area contributed by atoms with E-state index in [0.29, 0.717) is 0 Å². The van der Waals surface area contributed by atoms with Crippen LogP contribution in [0.2, 0.25) is 0 Å². The third-order valence-corrected chi connectivity index (χ3v) is 2.82. The largest absolute Gasteiger partial charge is 0.313 e. The molecule has 7 heteroatoms. The average Bonchev–Trinajstić information content (AvgIpc) is 1.82. The van der Waals surface area contributed by atoms with Gasteiger partial charge in [-0.05, 0) is 6.92 Å². The van der Waals surface area contributed by atoms with Crippen LogP contribution in [-0.2, 0) is 10.0 Å². The molecule has 0 bridgehead atoms. The van der Waals surface area contributed by atoms with E-state index < -0.39 is 10.0 Å². The van der Waals surface area contributed by atoms with Crippen LogP contribution >= 0.6 is 22.6 Å². The van der Waals surface area contributed by atoms with Crippen LogP contribution in [0.25, 0.3) is 0 Å². The fourth-order valence-electron chi connectivity index (χ4n) is 0.336. The SMILES string of the molecule is CC(=N)N(C)C(I)=NS(C)(=O)=O. The van der Waals surface area contributed by atoms with Gasteiger partial charge in [0.25, 0.3) is 10.0 Å². The van der Waals surface area contributed by atoms with Crippen molar-refractivity contribution >= 4 is 42.3 Å². The second-order valence-electron chi connectivity index (χ2n) is 2.24. The Morgan fingerprint density at radius 3 is 2.25 bits per heavy atom. The first-order valence-electron chi connectivity index (χ1n) is 2.98. The summed E-state index contributed by atoms with van der Waals surface area (Å²) in [6, 6.07) is 0. The van der Waals surface area contributed by atoms with Crippen molar-refractivity contribution < 1.29 is 8.42 Å². The van der Waals surface area contributed by atoms with E-state index in [1.54, 1.807) is 36.6 Å². The van der Waals surface area contributed by atoms with Crippen LogP contribution in [0.1, 0.15) is 6.92 Å². The van der Waals surface area contributed by atoms with Crippen molar-refractivity contribution in [3.8, 4) is 0 Å². The Morgan fingerprint density at radius 2 is 2.00 bits per heavy atom. The quantitative estimate of drug-likeness (QED) is 0.335. The summed E-state index contributed by atoms with van der Waals surface area (Å²) < 4.78 is 25.0. The molecular formula is C5H10IN3O2S. The zero-order valence-corrected chi connectivity index (χ0v) is 9.97. The summed E-state index contributed by atoms with van der Waals surface area (Å²) in [5, 5.41) is 7.18. The van der Waals surface area contributed by atoms with Gasteiger partial charge in [0, 0.05) is 29.6 Å². The minimum Gasteiger partial charge on any atom is -0.313 e. The standard InChI is InChI=1S/C5H10IN3O2S/c1-4(7)9(2)5(6)8-12(3,10)11/h7H,1-3H3. The third kappa shape index (κ3) is 4.65. The Balaban J connectivity index is 4.72. The summed E-state index contributed by atoms with van der Waals surface area (Å²) in [5.41, 5.74) is 0. The molecule has 12 heavy (non-hydrogen) atoms. The molecule has 0 saturated carbocycles. The summed E-state index contributed by atoms with van der Waals surface area (Å²) in [4.78, 5) is 1.38. The highest BCUT2D eigenvalue weighted by molar-refractivity contribution is 14.1. The molecule has 0 aliphatic carbocycles. The Labute approximate surface area is 85.6 Å². The van der Waals surface area contributed by atoms with Gasteiger partial charge in [-0.1, -0.05) is 0 Å². The number of nitrogens with one attached hydrogen (secondary N) is 1. The molecule has 0 spiro atoms. The van der Waals surface area contributed by atoms with Gasteiger partial charge in [-0.3, -0.25) is 5.41 Å². The van der Waals surface area contributed by atoms with Crippen LogP contribution in [0.4, 0.5) is 0 Å². The van der Waals surface area contributed by atoms with Crippen LogP contribution in [0, 0.1) is 5.41 Å². The van der Waals surface area contributed by atoms with E-state index in [1.807, 2.05) is 0 Å². The molecule has 0 aromatic carbocycles. The van der Waals surface area contributed by atoms with E-state index in [4.69, 9.17) is 5.41 Å². The molecule has 0 aliphatic heterocycles. The molecule has 1 N–H and O–H groups in total. The number of halogens is 1. The lowest BCUT2D eigenvalue weighted by Crippen LogP contribution is -2.27. The van der Waals surface area contributed by atoms with Gasteiger partial charge in [0.1, 0.15) is 0 Å². The molecule has 0 aliphatic rings. The second kappa shape index (κ2) is 4.17. The van der Waals surface area contributed by atoms with Gasteiger partial charge in [0.05, 0.1) is 12.1 Å². The molecule has 0 amide bonds. The van der Waals surface area contributed by atoms with E-state index in [9.17, 15) is 8.42 Å². The molecule has 0 aromatic heterocycles. The van der Waals surface area contributed by atoms with Crippen LogP contribution in [0.3, 0.4) is 0 Å². The highest BCUT2D eigenvalue weighted by atomic mass is 127. The minimum absolute atomic E-state index is 0.242. The summed E-state index contributed by atoms with van der Waals surface area (Å²) in [7, 11) is -1.78. The molecule has 0 saturated heterocycles. The first kappa shape index (κ1) is 11.8. The number of rotatable bonds is 1. The fourth-order valence-corrected chi connectivity index (χ4v) is 2.17. The summed E-state index contributed by atoms with van der Waals surface area (Å²) in [6.07, 6.45) is 1.01. The number of nitrogens with zero attached hydrogens (tertiary/aromatic N) is 2. The highest BCUT2D eigenvalue weighted by Crippen LogP contribution is 2.01. The van der Waals surface area contributed by atoms with Crippen molar-refractivity contribution in [3.05, 3.63) is 0 Å². The van der Waals surface area contributed by atoms with Crippen LogP contribution < -0.4 is 0 Å². The Hall–Kier alpha value is -0.180. The topological polar surface area (TPSA) is 73.6 Å². The van der Waals surface area contributed by atoms with Crippen LogP contribution in [0.5, 0.6) is 0 Å². The van der Waals surface area contributed by atoms with Crippen molar-refractivity contribution in [2.45, 2.75) is 6.92 Å². The van der Waals surface area contributed by atoms with Gasteiger partial charge in [-0.2, -0.15) is 0 Å². The third-order valence-electron chi connectivity index (χ3n) is 1.02. The molecule has 0 heterocycles. The Kier molecular flexibility index (Phi) is 4.11. The average molecular weight is 303 g/mol. The molecule has 0 rings (SSSR count). The lowest BCUT2D eigenvalue weighted by atomic mass is 10.6. The van der Waals surface area contributed by atoms with Crippen molar-refractivity contribution in [2.24, 2.45) is 4.40 Å². The summed E-state index contributed by atoms with van der Waals surface area (Å²) in [6.45, 7) is 1.55. The lowest BCUT2D eigenvalue weighted by Gasteiger charge is -2.13. The maximum absolute atomic E-state index is 10.7. The van der Waals surface area contributed by atoms with Crippen LogP contribution in [0.15, 0.2) is 4.40 Å². The number of amidine groups is 2. The Bertz CT molecular complexity index is 309. The van der Waals surface area contributed by atoms with Crippen molar-refractivity contribution in [3.63, 3.8) is 0 Å². The number of hydrogen-bond donors (Lipinski definition) is 1. The van der Waals surface area contributed by atoms with Crippen molar-refractivity contribution in [1.82, 2.24) is 4.90 Å². The zero-order chi connectivity index (χ0) is 9.94. The van der Waals surface area contributed by atoms with Crippen LogP contribution in [-0.4, -0.2) is 36.3 Å². The smallest absolute Gasteiger partial charge is 0.252 e. The molecule has 0 atom stereocenters. The predicted octanol–water partition coefficient (Wildman–Crippen LogP) is 0.666. The lowest BCUT2D eigenvalue weighted by molar-refractivity contribution is 0.603. The van der Waals surface area contributed by atoms with Crippen molar-refractivity contribution in [1.29, 1.82) is 5.41 Å². The molecule has 5 nitrogen and oxygen atoms in total. The maximum Gasteiger partial charge on any atom is 0.252 e. The zero-order valence-electron chi connectivity index (χ0n) is 7.00. The minimum atomic E-state index is -3.36. The molecule has 0 aromatic rings. The molecule has 0 fully saturated rings. The van der Waals surface area contributed by atoms with E-state index in [-0.39, 0.29) is 9.68 Å². The van der Waals surface area contributed by atoms with E-state index in [1.165, 1.54) is 4.90 Å². The predicted molar refractivity (Wildman–Crippen MR) is 57.5 cm³/mol. The normalized spacial score (nSPS) is 12.8. The Morgan fingerprint density at radius 1 is 1.58 bits per heavy atom. The number of sulfonamides is 1. The van der Waals surface area contributed by atoms with Gasteiger partial charge in [-0.25, -0.2) is 8.42 Å². The number of hydrogen-bond acceptors (Lipinski definition) is 3. The summed E-state index contributed by atoms with van der Waals surface area (Å²) >= 11 is 1.76. The maximum atomic E-state index is 10.7. The first-order chi connectivity index (χ1) is 5.24. The van der Waals surface area contributed by atoms with E-state index in [2.05, 4.69) is 4.40 Å². The van der Waals surface area contributed by atoms with Gasteiger partial charge >= 0.3 is 0 Å². The van der Waals surface area contributed by atoms with Gasteiger partial charge < -0.3 is 4.90 Å². The van der Waals surface area contributed by atoms with Gasteiger partial charge in [0.2, 0.25) is 0 Å².